The molecule has 0 bridgehead atoms. The predicted molar refractivity (Wildman–Crippen MR) is 116 cm³/mol. The van der Waals surface area contributed by atoms with Gasteiger partial charge in [0.2, 0.25) is 0 Å². The van der Waals surface area contributed by atoms with Crippen molar-refractivity contribution in [3.8, 4) is 22.8 Å². The number of hydrogen-bond donors (Lipinski definition) is 2. The lowest BCUT2D eigenvalue weighted by atomic mass is 10.1. The van der Waals surface area contributed by atoms with Crippen molar-refractivity contribution >= 4 is 16.2 Å². The van der Waals surface area contributed by atoms with Crippen LogP contribution in [0.1, 0.15) is 22.3 Å². The summed E-state index contributed by atoms with van der Waals surface area (Å²) in [5, 5.41) is 10.9. The fraction of sp³-hybridized carbons (Fsp3) is 0.238. The topological polar surface area (TPSA) is 106 Å². The summed E-state index contributed by atoms with van der Waals surface area (Å²) in [6.07, 6.45) is 2.97. The molecule has 0 saturated heterocycles. The third-order valence-electron chi connectivity index (χ3n) is 4.59. The van der Waals surface area contributed by atoms with Crippen molar-refractivity contribution in [2.24, 2.45) is 5.10 Å². The van der Waals surface area contributed by atoms with Gasteiger partial charge in [0.15, 0.2) is 11.5 Å². The van der Waals surface area contributed by atoms with Gasteiger partial charge in [0.25, 0.3) is 10.0 Å². The Hall–Kier alpha value is -3.33. The number of rotatable bonds is 7. The van der Waals surface area contributed by atoms with E-state index >= 15 is 0 Å². The van der Waals surface area contributed by atoms with Crippen LogP contribution in [0.5, 0.6) is 11.5 Å². The Labute approximate surface area is 176 Å². The van der Waals surface area contributed by atoms with Gasteiger partial charge in [-0.15, -0.1) is 0 Å². The van der Waals surface area contributed by atoms with Crippen molar-refractivity contribution in [1.29, 1.82) is 0 Å². The molecule has 3 rings (SSSR count). The number of nitrogens with one attached hydrogen (secondary N) is 2. The third-order valence-corrected chi connectivity index (χ3v) is 6.12. The average Bonchev–Trinajstić information content (AvgIpc) is 3.14. The summed E-state index contributed by atoms with van der Waals surface area (Å²) in [6, 6.07) is 9.08. The highest BCUT2D eigenvalue weighted by atomic mass is 32.2. The SMILES string of the molecule is COc1ccc(-c2[nH]ncc2C=NNS(=O)(=O)c2c(C)cc(C)cc2C)cc1OC. The summed E-state index contributed by atoms with van der Waals surface area (Å²) in [4.78, 5) is 2.52. The monoisotopic (exact) mass is 428 g/mol. The number of hydrogen-bond acceptors (Lipinski definition) is 6. The zero-order valence-corrected chi connectivity index (χ0v) is 18.3. The molecule has 158 valence electrons. The maximum Gasteiger partial charge on any atom is 0.277 e. The van der Waals surface area contributed by atoms with Crippen LogP contribution in [0.3, 0.4) is 0 Å². The fourth-order valence-corrected chi connectivity index (χ4v) is 4.67. The van der Waals surface area contributed by atoms with Gasteiger partial charge < -0.3 is 9.47 Å². The lowest BCUT2D eigenvalue weighted by Gasteiger charge is -2.11. The lowest BCUT2D eigenvalue weighted by Crippen LogP contribution is -2.20. The number of sulfonamides is 1. The van der Waals surface area contributed by atoms with Crippen LogP contribution < -0.4 is 14.3 Å². The molecule has 0 aliphatic carbocycles. The van der Waals surface area contributed by atoms with E-state index in [1.54, 1.807) is 46.4 Å². The van der Waals surface area contributed by atoms with Crippen LogP contribution in [0, 0.1) is 20.8 Å². The zero-order valence-electron chi connectivity index (χ0n) is 17.5. The molecule has 0 saturated carbocycles. The van der Waals surface area contributed by atoms with E-state index in [-0.39, 0.29) is 4.90 Å². The molecule has 0 spiro atoms. The van der Waals surface area contributed by atoms with E-state index < -0.39 is 10.0 Å². The molecule has 0 radical (unpaired) electrons. The molecule has 1 heterocycles. The number of methoxy groups -OCH3 is 2. The summed E-state index contributed by atoms with van der Waals surface area (Å²) in [5.74, 6) is 1.17. The van der Waals surface area contributed by atoms with Crippen molar-refractivity contribution in [1.82, 2.24) is 15.0 Å². The van der Waals surface area contributed by atoms with Crippen LogP contribution in [0.15, 0.2) is 46.5 Å². The van der Waals surface area contributed by atoms with Crippen LogP contribution in [0.4, 0.5) is 0 Å². The molecular weight excluding hydrogens is 404 g/mol. The Balaban J connectivity index is 1.87. The smallest absolute Gasteiger partial charge is 0.277 e. The predicted octanol–water partition coefficient (Wildman–Crippen LogP) is 3.33. The van der Waals surface area contributed by atoms with E-state index in [1.807, 2.05) is 25.1 Å². The van der Waals surface area contributed by atoms with Gasteiger partial charge in [-0.05, 0) is 50.1 Å². The van der Waals surface area contributed by atoms with Gasteiger partial charge in [0.05, 0.1) is 37.2 Å². The summed E-state index contributed by atoms with van der Waals surface area (Å²) >= 11 is 0. The van der Waals surface area contributed by atoms with Crippen LogP contribution in [-0.2, 0) is 10.0 Å². The van der Waals surface area contributed by atoms with Crippen molar-refractivity contribution in [3.05, 3.63) is 58.8 Å². The molecular formula is C21H24N4O4S. The number of aromatic nitrogens is 2. The number of nitrogens with zero attached hydrogens (tertiary/aromatic N) is 2. The summed E-state index contributed by atoms with van der Waals surface area (Å²) in [5.41, 5.74) is 4.42. The van der Waals surface area contributed by atoms with Gasteiger partial charge >= 0.3 is 0 Å². The molecule has 8 nitrogen and oxygen atoms in total. The first-order valence-electron chi connectivity index (χ1n) is 9.15. The first-order chi connectivity index (χ1) is 14.3. The van der Waals surface area contributed by atoms with E-state index in [9.17, 15) is 8.42 Å². The maximum atomic E-state index is 12.7. The second-order valence-corrected chi connectivity index (χ2v) is 8.45. The first kappa shape index (κ1) is 21.4. The second-order valence-electron chi connectivity index (χ2n) is 6.85. The highest BCUT2D eigenvalue weighted by Crippen LogP contribution is 2.32. The number of ether oxygens (including phenoxy) is 2. The van der Waals surface area contributed by atoms with E-state index in [2.05, 4.69) is 20.1 Å². The molecule has 0 aliphatic rings. The minimum atomic E-state index is -3.80. The Morgan fingerprint density at radius 1 is 1.03 bits per heavy atom. The van der Waals surface area contributed by atoms with E-state index in [4.69, 9.17) is 9.47 Å². The number of aromatic amines is 1. The molecule has 0 unspecified atom stereocenters. The van der Waals surface area contributed by atoms with Crippen molar-refractivity contribution in [2.75, 3.05) is 14.2 Å². The van der Waals surface area contributed by atoms with Crippen molar-refractivity contribution in [2.45, 2.75) is 25.7 Å². The lowest BCUT2D eigenvalue weighted by molar-refractivity contribution is 0.355. The molecule has 0 aliphatic heterocycles. The van der Waals surface area contributed by atoms with Crippen LogP contribution in [0.25, 0.3) is 11.3 Å². The van der Waals surface area contributed by atoms with Crippen LogP contribution in [-0.4, -0.2) is 39.0 Å². The highest BCUT2D eigenvalue weighted by Gasteiger charge is 2.19. The van der Waals surface area contributed by atoms with Gasteiger partial charge in [-0.25, -0.2) is 4.83 Å². The van der Waals surface area contributed by atoms with Gasteiger partial charge in [0.1, 0.15) is 0 Å². The Bertz CT molecular complexity index is 1180. The second kappa shape index (κ2) is 8.58. The first-order valence-corrected chi connectivity index (χ1v) is 10.6. The third kappa shape index (κ3) is 4.30. The van der Waals surface area contributed by atoms with Gasteiger partial charge in [-0.3, -0.25) is 5.10 Å². The van der Waals surface area contributed by atoms with Crippen molar-refractivity contribution in [3.63, 3.8) is 0 Å². The molecule has 0 atom stereocenters. The normalized spacial score (nSPS) is 11.6. The standard InChI is InChI=1S/C21H24N4O4S/c1-13-8-14(2)21(15(3)9-13)30(26,27)25-23-12-17-11-22-24-20(17)16-6-7-18(28-4)19(10-16)29-5/h6-12,25H,1-5H3,(H,22,24). The molecule has 30 heavy (non-hydrogen) atoms. The quantitative estimate of drug-likeness (QED) is 0.444. The molecule has 2 N–H and O–H groups in total. The molecule has 3 aromatic rings. The van der Waals surface area contributed by atoms with E-state index in [0.29, 0.717) is 33.9 Å². The zero-order chi connectivity index (χ0) is 21.9. The van der Waals surface area contributed by atoms with Crippen LogP contribution in [0.2, 0.25) is 0 Å². The molecule has 9 heteroatoms. The largest absolute Gasteiger partial charge is 0.493 e. The number of aryl methyl sites for hydroxylation is 3. The number of hydrazone groups is 1. The Morgan fingerprint density at radius 2 is 1.70 bits per heavy atom. The van der Waals surface area contributed by atoms with Gasteiger partial charge in [-0.1, -0.05) is 17.7 Å². The fourth-order valence-electron chi connectivity index (χ4n) is 3.42. The van der Waals surface area contributed by atoms with E-state index in [0.717, 1.165) is 11.1 Å². The van der Waals surface area contributed by atoms with Crippen molar-refractivity contribution < 1.29 is 17.9 Å². The minimum absolute atomic E-state index is 0.234. The maximum absolute atomic E-state index is 12.7. The summed E-state index contributed by atoms with van der Waals surface area (Å²) in [7, 11) is -0.683. The Morgan fingerprint density at radius 3 is 2.33 bits per heavy atom. The number of benzene rings is 2. The van der Waals surface area contributed by atoms with Crippen LogP contribution >= 0.6 is 0 Å². The van der Waals surface area contributed by atoms with E-state index in [1.165, 1.54) is 6.21 Å². The average molecular weight is 429 g/mol. The molecule has 1 aromatic heterocycles. The molecule has 2 aromatic carbocycles. The van der Waals surface area contributed by atoms with Gasteiger partial charge in [0, 0.05) is 11.1 Å². The number of H-pyrrole nitrogens is 1. The molecule has 0 amide bonds. The summed E-state index contributed by atoms with van der Waals surface area (Å²) in [6.45, 7) is 5.46. The minimum Gasteiger partial charge on any atom is -0.493 e. The Kier molecular flexibility index (Phi) is 6.12. The molecule has 0 fully saturated rings. The summed E-state index contributed by atoms with van der Waals surface area (Å²) < 4.78 is 36.1. The van der Waals surface area contributed by atoms with Gasteiger partial charge in [-0.2, -0.15) is 18.6 Å². The highest BCUT2D eigenvalue weighted by molar-refractivity contribution is 7.89.